The van der Waals surface area contributed by atoms with E-state index in [-0.39, 0.29) is 17.1 Å². The van der Waals surface area contributed by atoms with Gasteiger partial charge in [-0.15, -0.1) is 0 Å². The van der Waals surface area contributed by atoms with E-state index >= 15 is 0 Å². The summed E-state index contributed by atoms with van der Waals surface area (Å²) in [6.07, 6.45) is 7.58. The Morgan fingerprint density at radius 3 is 2.45 bits per heavy atom. The molecule has 2 heterocycles. The second kappa shape index (κ2) is 13.6. The molecule has 1 spiro atoms. The summed E-state index contributed by atoms with van der Waals surface area (Å²) < 4.78 is 20.9. The molecule has 2 aliphatic rings. The van der Waals surface area contributed by atoms with E-state index < -0.39 is 0 Å². The summed E-state index contributed by atoms with van der Waals surface area (Å²) in [5, 5.41) is 0.716. The topological polar surface area (TPSA) is 32.8 Å². The van der Waals surface area contributed by atoms with E-state index in [1.165, 1.54) is 5.56 Å². The lowest BCUT2D eigenvalue weighted by Crippen LogP contribution is -2.48. The molecule has 0 N–H and O–H groups in total. The Morgan fingerprint density at radius 2 is 1.65 bits per heavy atom. The molecule has 0 unspecified atom stereocenters. The van der Waals surface area contributed by atoms with E-state index in [1.54, 1.807) is 12.1 Å². The molecule has 6 heteroatoms. The average molecular weight is 563 g/mol. The molecule has 3 aromatic carbocycles. The quantitative estimate of drug-likeness (QED) is 0.326. The minimum absolute atomic E-state index is 0.108. The van der Waals surface area contributed by atoms with Gasteiger partial charge in [-0.25, -0.2) is 4.39 Å². The molecular weight excluding hydrogens is 523 g/mol. The third kappa shape index (κ3) is 7.64. The zero-order valence-corrected chi connectivity index (χ0v) is 24.1. The maximum absolute atomic E-state index is 14.7. The number of carbonyl (C=O) groups excluding carboxylic acids is 1. The fourth-order valence-corrected chi connectivity index (χ4v) is 6.41. The van der Waals surface area contributed by atoms with Crippen molar-refractivity contribution >= 4 is 17.5 Å². The Morgan fingerprint density at radius 1 is 0.900 bits per heavy atom. The van der Waals surface area contributed by atoms with Crippen LogP contribution in [0.3, 0.4) is 0 Å². The van der Waals surface area contributed by atoms with Gasteiger partial charge in [-0.3, -0.25) is 9.69 Å². The van der Waals surface area contributed by atoms with Gasteiger partial charge in [0.15, 0.2) is 0 Å². The molecule has 1 amide bonds. The number of carbonyl (C=O) groups is 1. The third-order valence-electron chi connectivity index (χ3n) is 8.67. The molecule has 40 heavy (non-hydrogen) atoms. The lowest BCUT2D eigenvalue weighted by Gasteiger charge is -2.45. The summed E-state index contributed by atoms with van der Waals surface area (Å²) in [7, 11) is 0. The maximum atomic E-state index is 14.7. The van der Waals surface area contributed by atoms with Crippen molar-refractivity contribution in [3.63, 3.8) is 0 Å². The highest BCUT2D eigenvalue weighted by atomic mass is 35.5. The number of likely N-dealkylation sites (tertiary alicyclic amines) is 1. The molecule has 0 radical (unpaired) electrons. The number of halogens is 2. The van der Waals surface area contributed by atoms with Crippen LogP contribution in [0.4, 0.5) is 4.39 Å². The number of benzene rings is 3. The van der Waals surface area contributed by atoms with Crippen LogP contribution in [0.2, 0.25) is 5.02 Å². The molecule has 0 aromatic heterocycles. The molecule has 212 valence electrons. The number of aryl methyl sites for hydroxylation is 2. The van der Waals surface area contributed by atoms with Crippen molar-refractivity contribution in [3.05, 3.63) is 100 Å². The largest absolute Gasteiger partial charge is 0.492 e. The molecular formula is C34H40ClFN2O2. The van der Waals surface area contributed by atoms with Crippen LogP contribution in [0.1, 0.15) is 55.2 Å². The molecule has 1 fully saturated rings. The first-order valence-corrected chi connectivity index (χ1v) is 15.1. The number of amides is 1. The van der Waals surface area contributed by atoms with Crippen LogP contribution in [0, 0.1) is 11.2 Å². The van der Waals surface area contributed by atoms with Gasteiger partial charge in [0.2, 0.25) is 5.91 Å². The molecule has 0 bridgehead atoms. The summed E-state index contributed by atoms with van der Waals surface area (Å²) in [6.45, 7) is 4.31. The summed E-state index contributed by atoms with van der Waals surface area (Å²) in [5.74, 6) is 1.04. The van der Waals surface area contributed by atoms with Crippen molar-refractivity contribution in [2.75, 3.05) is 32.8 Å². The first-order valence-electron chi connectivity index (χ1n) is 14.7. The number of nitrogens with zero attached hydrogens (tertiary/aromatic N) is 2. The second-order valence-electron chi connectivity index (χ2n) is 11.5. The van der Waals surface area contributed by atoms with Gasteiger partial charge in [0.25, 0.3) is 0 Å². The molecule has 0 aliphatic carbocycles. The van der Waals surface area contributed by atoms with Crippen LogP contribution in [0.5, 0.6) is 5.75 Å². The number of para-hydroxylation sites is 1. The van der Waals surface area contributed by atoms with E-state index in [2.05, 4.69) is 28.0 Å². The number of fused-ring (bicyclic) bond motifs is 1. The highest BCUT2D eigenvalue weighted by Crippen LogP contribution is 2.39. The van der Waals surface area contributed by atoms with E-state index in [0.717, 1.165) is 88.0 Å². The van der Waals surface area contributed by atoms with Gasteiger partial charge in [0.05, 0.1) is 0 Å². The van der Waals surface area contributed by atoms with Crippen LogP contribution in [0.15, 0.2) is 72.8 Å². The molecule has 0 saturated carbocycles. The molecule has 3 aromatic rings. The van der Waals surface area contributed by atoms with Crippen LogP contribution < -0.4 is 4.74 Å². The number of ether oxygens (including phenoxy) is 1. The molecule has 5 rings (SSSR count). The van der Waals surface area contributed by atoms with E-state index in [1.807, 2.05) is 42.5 Å². The second-order valence-corrected chi connectivity index (χ2v) is 11.9. The smallest absolute Gasteiger partial charge is 0.222 e. The standard InChI is InChI=1S/C34H40ClFN2O2/c35-30-15-12-27(13-16-30)14-17-33(39)38-21-19-34(20-22-38)18-6-5-8-28-7-2-4-11-32(28)40-24-23-37(26-34)25-29-9-1-3-10-31(29)36/h1-4,7,9-13,15-16H,5-6,8,14,17-26H2. The zero-order chi connectivity index (χ0) is 27.8. The maximum Gasteiger partial charge on any atom is 0.222 e. The molecule has 4 nitrogen and oxygen atoms in total. The Balaban J connectivity index is 1.27. The van der Waals surface area contributed by atoms with Crippen molar-refractivity contribution < 1.29 is 13.9 Å². The predicted molar refractivity (Wildman–Crippen MR) is 159 cm³/mol. The summed E-state index contributed by atoms with van der Waals surface area (Å²) >= 11 is 6.01. The first-order chi connectivity index (χ1) is 19.5. The Bertz CT molecular complexity index is 1260. The lowest BCUT2D eigenvalue weighted by molar-refractivity contribution is -0.133. The summed E-state index contributed by atoms with van der Waals surface area (Å²) in [5.41, 5.74) is 3.23. The molecule has 2 aliphatic heterocycles. The van der Waals surface area contributed by atoms with E-state index in [4.69, 9.17) is 16.3 Å². The van der Waals surface area contributed by atoms with Gasteiger partial charge >= 0.3 is 0 Å². The van der Waals surface area contributed by atoms with Gasteiger partial charge in [-0.05, 0) is 79.3 Å². The van der Waals surface area contributed by atoms with E-state index in [0.29, 0.717) is 24.6 Å². The van der Waals surface area contributed by atoms with Gasteiger partial charge in [-0.1, -0.05) is 66.6 Å². The lowest BCUT2D eigenvalue weighted by atomic mass is 9.73. The predicted octanol–water partition coefficient (Wildman–Crippen LogP) is 7.33. The van der Waals surface area contributed by atoms with Crippen molar-refractivity contribution in [2.24, 2.45) is 5.41 Å². The van der Waals surface area contributed by atoms with E-state index in [9.17, 15) is 9.18 Å². The minimum Gasteiger partial charge on any atom is -0.492 e. The fraction of sp³-hybridized carbons (Fsp3) is 0.441. The van der Waals surface area contributed by atoms with Crippen LogP contribution in [0.25, 0.3) is 0 Å². The number of piperidine rings is 1. The minimum atomic E-state index is -0.157. The summed E-state index contributed by atoms with van der Waals surface area (Å²) in [4.78, 5) is 17.5. The van der Waals surface area contributed by atoms with Gasteiger partial charge < -0.3 is 9.64 Å². The van der Waals surface area contributed by atoms with Crippen molar-refractivity contribution in [1.29, 1.82) is 0 Å². The molecule has 1 saturated heterocycles. The Kier molecular flexibility index (Phi) is 9.77. The van der Waals surface area contributed by atoms with Crippen LogP contribution in [-0.4, -0.2) is 48.5 Å². The zero-order valence-electron chi connectivity index (χ0n) is 23.3. The van der Waals surface area contributed by atoms with Crippen molar-refractivity contribution in [1.82, 2.24) is 9.80 Å². The van der Waals surface area contributed by atoms with Crippen LogP contribution >= 0.6 is 11.6 Å². The number of rotatable bonds is 5. The molecule has 0 atom stereocenters. The first kappa shape index (κ1) is 28.6. The Labute approximate surface area is 243 Å². The van der Waals surface area contributed by atoms with Gasteiger partial charge in [0, 0.05) is 49.7 Å². The third-order valence-corrected chi connectivity index (χ3v) is 8.92. The normalized spacial score (nSPS) is 18.3. The average Bonchev–Trinajstić information content (AvgIpc) is 2.96. The summed E-state index contributed by atoms with van der Waals surface area (Å²) in [6, 6.07) is 23.2. The fourth-order valence-electron chi connectivity index (χ4n) is 6.29. The SMILES string of the molecule is O=C(CCc1ccc(Cl)cc1)N1CCC2(CCCCc3ccccc3OCCN(Cc3ccccc3F)C2)CC1. The van der Waals surface area contributed by atoms with Gasteiger partial charge in [-0.2, -0.15) is 0 Å². The number of hydrogen-bond donors (Lipinski definition) is 0. The van der Waals surface area contributed by atoms with Crippen molar-refractivity contribution in [3.8, 4) is 5.75 Å². The Hall–Kier alpha value is -2.89. The van der Waals surface area contributed by atoms with Gasteiger partial charge in [0.1, 0.15) is 18.2 Å². The van der Waals surface area contributed by atoms with Crippen LogP contribution in [-0.2, 0) is 24.2 Å². The van der Waals surface area contributed by atoms with Crippen molar-refractivity contribution in [2.45, 2.75) is 57.9 Å². The highest BCUT2D eigenvalue weighted by Gasteiger charge is 2.37. The number of hydrogen-bond acceptors (Lipinski definition) is 3. The highest BCUT2D eigenvalue weighted by molar-refractivity contribution is 6.30. The monoisotopic (exact) mass is 562 g/mol.